The predicted octanol–water partition coefficient (Wildman–Crippen LogP) is 4.65. The lowest BCUT2D eigenvalue weighted by molar-refractivity contribution is -0.385. The monoisotopic (exact) mass is 471 g/mol. The zero-order chi connectivity index (χ0) is 21.9. The van der Waals surface area contributed by atoms with E-state index in [1.165, 1.54) is 47.0 Å². The number of hydrazone groups is 1. The van der Waals surface area contributed by atoms with Crippen LogP contribution in [0.15, 0.2) is 74.5 Å². The summed E-state index contributed by atoms with van der Waals surface area (Å²) < 4.78 is 1.57. The SMILES string of the molecule is O=C(CSc1nnc(SCc2ccccc2)s1)N/N=C\C=C/c1ccccc1[N+](=O)[O-]. The smallest absolute Gasteiger partial charge is 0.272 e. The van der Waals surface area contributed by atoms with Crippen molar-refractivity contribution in [1.29, 1.82) is 0 Å². The first kappa shape index (κ1) is 22.7. The molecule has 1 aromatic heterocycles. The van der Waals surface area contributed by atoms with E-state index in [1.54, 1.807) is 36.0 Å². The number of amides is 1. The van der Waals surface area contributed by atoms with Crippen molar-refractivity contribution in [2.24, 2.45) is 5.10 Å². The maximum Gasteiger partial charge on any atom is 0.276 e. The lowest BCUT2D eigenvalue weighted by atomic mass is 10.2. The van der Waals surface area contributed by atoms with Crippen molar-refractivity contribution in [3.8, 4) is 0 Å². The van der Waals surface area contributed by atoms with Crippen LogP contribution >= 0.6 is 34.9 Å². The van der Waals surface area contributed by atoms with Crippen LogP contribution in [0.1, 0.15) is 11.1 Å². The second-order valence-electron chi connectivity index (χ2n) is 5.89. The Labute approximate surface area is 191 Å². The number of nitro benzene ring substituents is 1. The molecule has 11 heteroatoms. The number of allylic oxidation sites excluding steroid dienone is 1. The van der Waals surface area contributed by atoms with E-state index in [0.717, 1.165) is 10.1 Å². The summed E-state index contributed by atoms with van der Waals surface area (Å²) in [6.07, 6.45) is 4.44. The van der Waals surface area contributed by atoms with Crippen LogP contribution < -0.4 is 5.43 Å². The molecule has 0 saturated heterocycles. The summed E-state index contributed by atoms with van der Waals surface area (Å²) in [5.74, 6) is 0.687. The van der Waals surface area contributed by atoms with E-state index in [-0.39, 0.29) is 17.3 Å². The van der Waals surface area contributed by atoms with Crippen LogP contribution in [0.25, 0.3) is 6.08 Å². The minimum atomic E-state index is -0.450. The molecule has 0 aliphatic carbocycles. The Morgan fingerprint density at radius 1 is 1.10 bits per heavy atom. The second kappa shape index (κ2) is 12.0. The molecule has 0 aliphatic heterocycles. The van der Waals surface area contributed by atoms with Crippen molar-refractivity contribution in [3.05, 3.63) is 81.9 Å². The van der Waals surface area contributed by atoms with Crippen LogP contribution in [-0.2, 0) is 10.5 Å². The molecular weight excluding hydrogens is 454 g/mol. The summed E-state index contributed by atoms with van der Waals surface area (Å²) in [6, 6.07) is 16.5. The molecule has 0 saturated carbocycles. The largest absolute Gasteiger partial charge is 0.276 e. The lowest BCUT2D eigenvalue weighted by Crippen LogP contribution is -2.19. The molecule has 3 rings (SSSR count). The number of benzene rings is 2. The number of carbonyl (C=O) groups excluding carboxylic acids is 1. The first-order valence-electron chi connectivity index (χ1n) is 8.97. The average molecular weight is 472 g/mol. The fourth-order valence-corrected chi connectivity index (χ4v) is 5.05. The highest BCUT2D eigenvalue weighted by Gasteiger charge is 2.09. The number of para-hydroxylation sites is 1. The van der Waals surface area contributed by atoms with Gasteiger partial charge in [-0.15, -0.1) is 10.2 Å². The topological polar surface area (TPSA) is 110 Å². The maximum atomic E-state index is 11.9. The number of thioether (sulfide) groups is 2. The molecule has 0 spiro atoms. The summed E-state index contributed by atoms with van der Waals surface area (Å²) >= 11 is 4.34. The molecule has 1 heterocycles. The van der Waals surface area contributed by atoms with Gasteiger partial charge < -0.3 is 0 Å². The number of aromatic nitrogens is 2. The van der Waals surface area contributed by atoms with E-state index in [0.29, 0.717) is 9.90 Å². The molecule has 8 nitrogen and oxygen atoms in total. The van der Waals surface area contributed by atoms with Crippen molar-refractivity contribution in [2.45, 2.75) is 14.4 Å². The zero-order valence-electron chi connectivity index (χ0n) is 16.1. The van der Waals surface area contributed by atoms with Crippen LogP contribution in [0, 0.1) is 10.1 Å². The van der Waals surface area contributed by atoms with Crippen molar-refractivity contribution in [1.82, 2.24) is 15.6 Å². The highest BCUT2D eigenvalue weighted by Crippen LogP contribution is 2.30. The molecule has 3 aromatic rings. The van der Waals surface area contributed by atoms with E-state index in [2.05, 4.69) is 32.9 Å². The summed E-state index contributed by atoms with van der Waals surface area (Å²) in [6.45, 7) is 0. The van der Waals surface area contributed by atoms with Gasteiger partial charge in [0.25, 0.3) is 11.6 Å². The van der Waals surface area contributed by atoms with Gasteiger partial charge in [-0.05, 0) is 23.8 Å². The van der Waals surface area contributed by atoms with Gasteiger partial charge in [-0.3, -0.25) is 14.9 Å². The molecule has 158 valence electrons. The number of hydrogen-bond acceptors (Lipinski definition) is 9. The van der Waals surface area contributed by atoms with E-state index in [1.807, 2.05) is 18.2 Å². The van der Waals surface area contributed by atoms with E-state index < -0.39 is 4.92 Å². The lowest BCUT2D eigenvalue weighted by Gasteiger charge is -1.97. The van der Waals surface area contributed by atoms with Crippen molar-refractivity contribution >= 4 is 58.7 Å². The van der Waals surface area contributed by atoms with Crippen LogP contribution in [0.2, 0.25) is 0 Å². The minimum absolute atomic E-state index is 0.00550. The Morgan fingerprint density at radius 3 is 2.58 bits per heavy atom. The van der Waals surface area contributed by atoms with Crippen molar-refractivity contribution < 1.29 is 9.72 Å². The van der Waals surface area contributed by atoms with Gasteiger partial charge in [0.15, 0.2) is 8.68 Å². The zero-order valence-corrected chi connectivity index (χ0v) is 18.5. The van der Waals surface area contributed by atoms with Crippen molar-refractivity contribution in [2.75, 3.05) is 5.75 Å². The number of carbonyl (C=O) groups is 1. The number of rotatable bonds is 10. The Morgan fingerprint density at radius 2 is 1.81 bits per heavy atom. The molecular formula is C20H17N5O3S3. The quantitative estimate of drug-likeness (QED) is 0.198. The second-order valence-corrected chi connectivity index (χ2v) is 9.31. The molecule has 0 bridgehead atoms. The summed E-state index contributed by atoms with van der Waals surface area (Å²) in [7, 11) is 0. The van der Waals surface area contributed by atoms with Crippen LogP contribution in [0.3, 0.4) is 0 Å². The molecule has 2 aromatic carbocycles. The van der Waals surface area contributed by atoms with Gasteiger partial charge in [0.1, 0.15) is 0 Å². The highest BCUT2D eigenvalue weighted by molar-refractivity contribution is 8.03. The van der Waals surface area contributed by atoms with E-state index in [9.17, 15) is 14.9 Å². The fraction of sp³-hybridized carbons (Fsp3) is 0.100. The third-order valence-corrected chi connectivity index (χ3v) is 6.94. The van der Waals surface area contributed by atoms with E-state index in [4.69, 9.17) is 0 Å². The van der Waals surface area contributed by atoms with Gasteiger partial charge in [-0.2, -0.15) is 5.10 Å². The summed E-state index contributed by atoms with van der Waals surface area (Å²) in [5, 5.41) is 23.0. The van der Waals surface area contributed by atoms with Gasteiger partial charge >= 0.3 is 0 Å². The Hall–Kier alpha value is -3.02. The third-order valence-electron chi connectivity index (χ3n) is 3.68. The first-order valence-corrected chi connectivity index (χ1v) is 11.8. The first-order chi connectivity index (χ1) is 15.1. The molecule has 1 amide bonds. The number of nitro groups is 1. The number of nitrogens with zero attached hydrogens (tertiary/aromatic N) is 4. The highest BCUT2D eigenvalue weighted by atomic mass is 32.2. The van der Waals surface area contributed by atoms with Gasteiger partial charge in [0.2, 0.25) is 0 Å². The van der Waals surface area contributed by atoms with Gasteiger partial charge in [0.05, 0.1) is 16.2 Å². The van der Waals surface area contributed by atoms with Crippen LogP contribution in [0.5, 0.6) is 0 Å². The Kier molecular flexibility index (Phi) is 8.76. The van der Waals surface area contributed by atoms with Gasteiger partial charge in [-0.25, -0.2) is 5.43 Å². The fourth-order valence-electron chi connectivity index (χ4n) is 2.29. The molecule has 1 N–H and O–H groups in total. The summed E-state index contributed by atoms with van der Waals surface area (Å²) in [5.41, 5.74) is 4.08. The minimum Gasteiger partial charge on any atom is -0.272 e. The number of nitrogens with one attached hydrogen (secondary N) is 1. The van der Waals surface area contributed by atoms with Gasteiger partial charge in [-0.1, -0.05) is 77.3 Å². The average Bonchev–Trinajstić information content (AvgIpc) is 3.25. The molecule has 0 aliphatic rings. The number of hydrogen-bond donors (Lipinski definition) is 1. The molecule has 0 atom stereocenters. The Balaban J connectivity index is 1.39. The predicted molar refractivity (Wildman–Crippen MR) is 125 cm³/mol. The molecule has 31 heavy (non-hydrogen) atoms. The Bertz CT molecular complexity index is 1090. The van der Waals surface area contributed by atoms with Crippen molar-refractivity contribution in [3.63, 3.8) is 0 Å². The molecule has 0 fully saturated rings. The molecule has 0 radical (unpaired) electrons. The standard InChI is InChI=1S/C20H17N5O3S3/c26-18(22-21-12-6-10-16-9-4-5-11-17(16)25(27)28)14-30-20-24-23-19(31-20)29-13-15-7-2-1-3-8-15/h1-12H,13-14H2,(H,22,26)/b10-6-,21-12-. The normalized spacial score (nSPS) is 11.2. The van der Waals surface area contributed by atoms with Crippen LogP contribution in [0.4, 0.5) is 5.69 Å². The van der Waals surface area contributed by atoms with Gasteiger partial charge in [0, 0.05) is 18.0 Å². The van der Waals surface area contributed by atoms with E-state index >= 15 is 0 Å². The third kappa shape index (κ3) is 7.63. The van der Waals surface area contributed by atoms with Crippen LogP contribution in [-0.4, -0.2) is 33.0 Å². The maximum absolute atomic E-state index is 11.9. The molecule has 0 unspecified atom stereocenters. The summed E-state index contributed by atoms with van der Waals surface area (Å²) in [4.78, 5) is 22.4.